The molecule has 9 nitrogen and oxygen atoms in total. The van der Waals surface area contributed by atoms with E-state index in [1.54, 1.807) is 24.9 Å². The lowest BCUT2D eigenvalue weighted by Crippen LogP contribution is -2.62. The van der Waals surface area contributed by atoms with Crippen molar-refractivity contribution in [2.45, 2.75) is 39.3 Å². The first-order valence-corrected chi connectivity index (χ1v) is 10.3. The van der Waals surface area contributed by atoms with Crippen molar-refractivity contribution < 1.29 is 14.4 Å². The van der Waals surface area contributed by atoms with Crippen molar-refractivity contribution in [3.05, 3.63) is 17.5 Å². The highest BCUT2D eigenvalue weighted by Crippen LogP contribution is 2.26. The van der Waals surface area contributed by atoms with Gasteiger partial charge in [-0.1, -0.05) is 13.8 Å². The third-order valence-corrected chi connectivity index (χ3v) is 6.01. The Kier molecular flexibility index (Phi) is 5.97. The molecule has 0 bridgehead atoms. The summed E-state index contributed by atoms with van der Waals surface area (Å²) < 4.78 is 1.51. The van der Waals surface area contributed by atoms with E-state index in [4.69, 9.17) is 0 Å². The van der Waals surface area contributed by atoms with Crippen LogP contribution in [0.1, 0.15) is 48.2 Å². The SMILES string of the molecule is CC(C)CCNC(=O)[C@]1(C)Cn2nc(C(=O)N3CCN(C)CC3)cc2C(=O)N1C. The summed E-state index contributed by atoms with van der Waals surface area (Å²) in [4.78, 5) is 44.0. The maximum atomic E-state index is 12.9. The van der Waals surface area contributed by atoms with Gasteiger partial charge in [-0.05, 0) is 26.3 Å². The summed E-state index contributed by atoms with van der Waals surface area (Å²) in [6.45, 7) is 9.62. The summed E-state index contributed by atoms with van der Waals surface area (Å²) in [5, 5.41) is 7.34. The van der Waals surface area contributed by atoms with E-state index in [0.717, 1.165) is 19.5 Å². The summed E-state index contributed by atoms with van der Waals surface area (Å²) in [6.07, 6.45) is 0.871. The van der Waals surface area contributed by atoms with Crippen LogP contribution in [0.25, 0.3) is 0 Å². The molecule has 0 saturated carbocycles. The number of nitrogens with one attached hydrogen (secondary N) is 1. The van der Waals surface area contributed by atoms with E-state index in [1.165, 1.54) is 9.58 Å². The van der Waals surface area contributed by atoms with Crippen LogP contribution < -0.4 is 5.32 Å². The number of carbonyl (C=O) groups is 3. The van der Waals surface area contributed by atoms with E-state index in [1.807, 2.05) is 7.05 Å². The Morgan fingerprint density at radius 1 is 1.21 bits per heavy atom. The van der Waals surface area contributed by atoms with Gasteiger partial charge in [0.1, 0.15) is 11.2 Å². The Balaban J connectivity index is 1.77. The molecule has 3 heterocycles. The first kappa shape index (κ1) is 21.3. The van der Waals surface area contributed by atoms with Gasteiger partial charge in [0.15, 0.2) is 5.69 Å². The average molecular weight is 405 g/mol. The predicted octanol–water partition coefficient (Wildman–Crippen LogP) is 0.277. The molecule has 1 atom stereocenters. The topological polar surface area (TPSA) is 90.8 Å². The lowest BCUT2D eigenvalue weighted by molar-refractivity contribution is -0.132. The van der Waals surface area contributed by atoms with E-state index < -0.39 is 5.54 Å². The normalized spacial score (nSPS) is 22.8. The number of fused-ring (bicyclic) bond motifs is 1. The molecule has 3 amide bonds. The molecule has 2 aliphatic rings. The monoisotopic (exact) mass is 404 g/mol. The molecule has 9 heteroatoms. The van der Waals surface area contributed by atoms with Crippen molar-refractivity contribution in [3.8, 4) is 0 Å². The van der Waals surface area contributed by atoms with Crippen LogP contribution in [0, 0.1) is 5.92 Å². The highest BCUT2D eigenvalue weighted by molar-refractivity contribution is 6.01. The molecule has 0 spiro atoms. The van der Waals surface area contributed by atoms with Gasteiger partial charge in [0.05, 0.1) is 6.54 Å². The number of amides is 3. The second kappa shape index (κ2) is 8.14. The highest BCUT2D eigenvalue weighted by atomic mass is 16.2. The molecule has 29 heavy (non-hydrogen) atoms. The second-order valence-electron chi connectivity index (χ2n) is 8.74. The summed E-state index contributed by atoms with van der Waals surface area (Å²) in [6, 6.07) is 1.55. The maximum Gasteiger partial charge on any atom is 0.274 e. The van der Waals surface area contributed by atoms with Crippen molar-refractivity contribution in [1.82, 2.24) is 29.8 Å². The van der Waals surface area contributed by atoms with Crippen molar-refractivity contribution in [3.63, 3.8) is 0 Å². The van der Waals surface area contributed by atoms with Gasteiger partial charge in [-0.15, -0.1) is 0 Å². The molecule has 1 aromatic rings. The molecule has 1 aromatic heterocycles. The molecule has 1 saturated heterocycles. The van der Waals surface area contributed by atoms with E-state index in [9.17, 15) is 14.4 Å². The standard InChI is InChI=1S/C20H32N6O3/c1-14(2)6-7-21-19(29)20(3)13-26-16(18(28)24(20)5)12-15(22-26)17(27)25-10-8-23(4)9-11-25/h12,14H,6-11,13H2,1-5H3,(H,21,29)/t20-/m0/s1. The molecule has 0 aromatic carbocycles. The van der Waals surface area contributed by atoms with Crippen LogP contribution in [0.4, 0.5) is 0 Å². The Bertz CT molecular complexity index is 796. The fraction of sp³-hybridized carbons (Fsp3) is 0.700. The Hall–Kier alpha value is -2.42. The minimum absolute atomic E-state index is 0.168. The quantitative estimate of drug-likeness (QED) is 0.761. The maximum absolute atomic E-state index is 12.9. The number of nitrogens with zero attached hydrogens (tertiary/aromatic N) is 5. The van der Waals surface area contributed by atoms with Crippen LogP contribution in [-0.4, -0.2) is 94.6 Å². The Labute approximate surface area is 172 Å². The van der Waals surface area contributed by atoms with Crippen molar-refractivity contribution in [1.29, 1.82) is 0 Å². The summed E-state index contributed by atoms with van der Waals surface area (Å²) in [7, 11) is 3.65. The Morgan fingerprint density at radius 3 is 2.48 bits per heavy atom. The molecule has 0 radical (unpaired) electrons. The van der Waals surface area contributed by atoms with Gasteiger partial charge >= 0.3 is 0 Å². The van der Waals surface area contributed by atoms with Gasteiger partial charge in [0.2, 0.25) is 5.91 Å². The number of hydrogen-bond acceptors (Lipinski definition) is 5. The summed E-state index contributed by atoms with van der Waals surface area (Å²) >= 11 is 0. The number of piperazine rings is 1. The first-order valence-electron chi connectivity index (χ1n) is 10.3. The third-order valence-electron chi connectivity index (χ3n) is 6.01. The van der Waals surface area contributed by atoms with Crippen LogP contribution in [0.2, 0.25) is 0 Å². The predicted molar refractivity (Wildman–Crippen MR) is 109 cm³/mol. The number of carbonyl (C=O) groups excluding carboxylic acids is 3. The zero-order valence-electron chi connectivity index (χ0n) is 18.1. The molecular weight excluding hydrogens is 372 g/mol. The van der Waals surface area contributed by atoms with E-state index in [-0.39, 0.29) is 30.0 Å². The Morgan fingerprint density at radius 2 is 1.86 bits per heavy atom. The lowest BCUT2D eigenvalue weighted by Gasteiger charge is -2.40. The summed E-state index contributed by atoms with van der Waals surface area (Å²) in [5.41, 5.74) is -0.450. The number of hydrogen-bond donors (Lipinski definition) is 1. The smallest absolute Gasteiger partial charge is 0.274 e. The molecule has 0 unspecified atom stereocenters. The molecular formula is C20H32N6O3. The molecule has 160 valence electrons. The largest absolute Gasteiger partial charge is 0.354 e. The molecule has 0 aliphatic carbocycles. The van der Waals surface area contributed by atoms with Gasteiger partial charge in [0, 0.05) is 45.8 Å². The van der Waals surface area contributed by atoms with E-state index in [2.05, 4.69) is 29.2 Å². The molecule has 3 rings (SSSR count). The first-order chi connectivity index (χ1) is 13.6. The van der Waals surface area contributed by atoms with E-state index >= 15 is 0 Å². The fourth-order valence-electron chi connectivity index (χ4n) is 3.67. The summed E-state index contributed by atoms with van der Waals surface area (Å²) in [5.74, 6) is -0.196. The fourth-order valence-corrected chi connectivity index (χ4v) is 3.67. The van der Waals surface area contributed by atoms with Crippen LogP contribution in [0.5, 0.6) is 0 Å². The average Bonchev–Trinajstić information content (AvgIpc) is 3.09. The number of aromatic nitrogens is 2. The van der Waals surface area contributed by atoms with E-state index in [0.29, 0.717) is 31.2 Å². The van der Waals surface area contributed by atoms with Crippen molar-refractivity contribution in [2.24, 2.45) is 5.92 Å². The second-order valence-corrected chi connectivity index (χ2v) is 8.74. The van der Waals surface area contributed by atoms with Gasteiger partial charge in [-0.3, -0.25) is 19.1 Å². The minimum Gasteiger partial charge on any atom is -0.354 e. The highest BCUT2D eigenvalue weighted by Gasteiger charge is 2.46. The van der Waals surface area contributed by atoms with Gasteiger partial charge in [-0.2, -0.15) is 5.10 Å². The number of rotatable bonds is 5. The van der Waals surface area contributed by atoms with Crippen molar-refractivity contribution >= 4 is 17.7 Å². The van der Waals surface area contributed by atoms with Crippen LogP contribution >= 0.6 is 0 Å². The van der Waals surface area contributed by atoms with Gasteiger partial charge in [-0.25, -0.2) is 0 Å². The molecule has 2 aliphatic heterocycles. The zero-order valence-corrected chi connectivity index (χ0v) is 18.1. The van der Waals surface area contributed by atoms with Gasteiger partial charge in [0.25, 0.3) is 11.8 Å². The third kappa shape index (κ3) is 4.14. The zero-order chi connectivity index (χ0) is 21.3. The van der Waals surface area contributed by atoms with Crippen LogP contribution in [-0.2, 0) is 11.3 Å². The van der Waals surface area contributed by atoms with Crippen LogP contribution in [0.3, 0.4) is 0 Å². The number of likely N-dealkylation sites (N-methyl/N-ethyl adjacent to an activating group) is 2. The molecule has 1 N–H and O–H groups in total. The lowest BCUT2D eigenvalue weighted by atomic mass is 9.95. The minimum atomic E-state index is -1.05. The molecule has 1 fully saturated rings. The van der Waals surface area contributed by atoms with Crippen LogP contribution in [0.15, 0.2) is 6.07 Å². The van der Waals surface area contributed by atoms with Gasteiger partial charge < -0.3 is 20.0 Å². The van der Waals surface area contributed by atoms with Crippen molar-refractivity contribution in [2.75, 3.05) is 46.8 Å².